The summed E-state index contributed by atoms with van der Waals surface area (Å²) in [5.41, 5.74) is 6.60. The molecule has 0 aliphatic carbocycles. The van der Waals surface area contributed by atoms with E-state index in [1.54, 1.807) is 6.20 Å². The first-order valence-corrected chi connectivity index (χ1v) is 5.97. The van der Waals surface area contributed by atoms with Gasteiger partial charge in [-0.1, -0.05) is 22.9 Å². The molecule has 0 amide bonds. The van der Waals surface area contributed by atoms with Gasteiger partial charge in [-0.2, -0.15) is 5.10 Å². The molecule has 84 valence electrons. The largest absolute Gasteiger partial charge is 0.388 e. The van der Waals surface area contributed by atoms with Crippen LogP contribution >= 0.6 is 22.9 Å². The Morgan fingerprint density at radius 3 is 2.94 bits per heavy atom. The Balaban J connectivity index is 1.91. The van der Waals surface area contributed by atoms with Gasteiger partial charge in [0.1, 0.15) is 10.0 Å². The van der Waals surface area contributed by atoms with E-state index in [9.17, 15) is 0 Å². The van der Waals surface area contributed by atoms with E-state index in [1.807, 2.05) is 10.9 Å². The molecule has 7 heteroatoms. The zero-order chi connectivity index (χ0) is 11.1. The zero-order valence-corrected chi connectivity index (χ0v) is 9.83. The number of nitrogen functional groups attached to an aromatic ring is 1. The van der Waals surface area contributed by atoms with Crippen LogP contribution in [0.4, 0.5) is 5.00 Å². The summed E-state index contributed by atoms with van der Waals surface area (Å²) in [6.07, 6.45) is 3.72. The molecule has 0 unspecified atom stereocenters. The third-order valence-electron chi connectivity index (χ3n) is 2.45. The smallest absolute Gasteiger partial charge is 0.164 e. The van der Waals surface area contributed by atoms with Crippen molar-refractivity contribution in [2.24, 2.45) is 0 Å². The number of ether oxygens (including phenoxy) is 1. The van der Waals surface area contributed by atoms with Gasteiger partial charge in [-0.05, 0) is 0 Å². The number of halogens is 1. The number of hydrogen-bond acceptors (Lipinski definition) is 5. The molecule has 16 heavy (non-hydrogen) atoms. The van der Waals surface area contributed by atoms with Crippen molar-refractivity contribution in [2.45, 2.75) is 6.04 Å². The molecule has 1 saturated heterocycles. The third-order valence-corrected chi connectivity index (χ3v) is 3.79. The molecule has 0 saturated carbocycles. The highest BCUT2D eigenvalue weighted by Gasteiger charge is 2.21. The van der Waals surface area contributed by atoms with Gasteiger partial charge in [-0.15, -0.1) is 0 Å². The van der Waals surface area contributed by atoms with Gasteiger partial charge in [-0.25, -0.2) is 4.98 Å². The molecule has 0 bridgehead atoms. The molecule has 2 aromatic heterocycles. The van der Waals surface area contributed by atoms with Crippen molar-refractivity contribution in [1.82, 2.24) is 14.8 Å². The molecule has 2 aromatic rings. The molecule has 3 heterocycles. The fraction of sp³-hybridized carbons (Fsp3) is 0.333. The Hall–Kier alpha value is -1.11. The van der Waals surface area contributed by atoms with Crippen LogP contribution in [0.1, 0.15) is 6.04 Å². The number of anilines is 1. The van der Waals surface area contributed by atoms with Crippen LogP contribution < -0.4 is 5.73 Å². The van der Waals surface area contributed by atoms with E-state index < -0.39 is 0 Å². The Morgan fingerprint density at radius 1 is 1.56 bits per heavy atom. The summed E-state index contributed by atoms with van der Waals surface area (Å²) in [6.45, 7) is 1.45. The molecule has 0 atom stereocenters. The summed E-state index contributed by atoms with van der Waals surface area (Å²) >= 11 is 7.18. The van der Waals surface area contributed by atoms with Crippen molar-refractivity contribution in [1.29, 1.82) is 0 Å². The monoisotopic (exact) mass is 256 g/mol. The van der Waals surface area contributed by atoms with Gasteiger partial charge in [0.25, 0.3) is 0 Å². The Bertz CT molecular complexity index is 500. The van der Waals surface area contributed by atoms with E-state index in [0.29, 0.717) is 16.2 Å². The van der Waals surface area contributed by atoms with Crippen LogP contribution in [0.5, 0.6) is 0 Å². The van der Waals surface area contributed by atoms with E-state index in [1.165, 1.54) is 11.3 Å². The van der Waals surface area contributed by atoms with Crippen LogP contribution in [0.2, 0.25) is 5.15 Å². The topological polar surface area (TPSA) is 66.0 Å². The minimum atomic E-state index is 0.349. The quantitative estimate of drug-likeness (QED) is 0.890. The summed E-state index contributed by atoms with van der Waals surface area (Å²) in [6, 6.07) is 0.349. The minimum Gasteiger partial charge on any atom is -0.388 e. The normalized spacial score (nSPS) is 16.3. The third kappa shape index (κ3) is 1.59. The lowest BCUT2D eigenvalue weighted by Crippen LogP contribution is -2.30. The minimum absolute atomic E-state index is 0.349. The Morgan fingerprint density at radius 2 is 2.38 bits per heavy atom. The maximum absolute atomic E-state index is 5.81. The second-order valence-electron chi connectivity index (χ2n) is 3.57. The van der Waals surface area contributed by atoms with Crippen LogP contribution in [0.3, 0.4) is 0 Å². The first-order chi connectivity index (χ1) is 7.74. The SMILES string of the molecule is Nc1sc(-c2cnn(C3COC3)c2)nc1Cl. The van der Waals surface area contributed by atoms with E-state index in [4.69, 9.17) is 22.1 Å². The molecular weight excluding hydrogens is 248 g/mol. The number of nitrogens with zero attached hydrogens (tertiary/aromatic N) is 3. The maximum Gasteiger partial charge on any atom is 0.164 e. The van der Waals surface area contributed by atoms with E-state index >= 15 is 0 Å². The van der Waals surface area contributed by atoms with E-state index in [-0.39, 0.29) is 0 Å². The van der Waals surface area contributed by atoms with Gasteiger partial charge in [0.2, 0.25) is 0 Å². The molecule has 2 N–H and O–H groups in total. The zero-order valence-electron chi connectivity index (χ0n) is 8.26. The summed E-state index contributed by atoms with van der Waals surface area (Å²) < 4.78 is 7.01. The highest BCUT2D eigenvalue weighted by Crippen LogP contribution is 2.32. The first kappa shape index (κ1) is 10.1. The number of rotatable bonds is 2. The summed E-state index contributed by atoms with van der Waals surface area (Å²) in [4.78, 5) is 4.17. The van der Waals surface area contributed by atoms with Crippen LogP contribution in [0, 0.1) is 0 Å². The Labute approximate surface area is 101 Å². The van der Waals surface area contributed by atoms with Crippen LogP contribution in [-0.4, -0.2) is 28.0 Å². The summed E-state index contributed by atoms with van der Waals surface area (Å²) in [5.74, 6) is 0. The van der Waals surface area contributed by atoms with Crippen molar-refractivity contribution >= 4 is 27.9 Å². The predicted octanol–water partition coefficient (Wildman–Crippen LogP) is 1.81. The molecule has 1 aliphatic rings. The number of hydrogen-bond donors (Lipinski definition) is 1. The number of thiazole rings is 1. The van der Waals surface area contributed by atoms with Gasteiger partial charge in [0.05, 0.1) is 25.5 Å². The fourth-order valence-corrected chi connectivity index (χ4v) is 2.41. The molecule has 1 aliphatic heterocycles. The van der Waals surface area contributed by atoms with Gasteiger partial charge < -0.3 is 10.5 Å². The standard InChI is InChI=1S/C9H9ClN4OS/c10-7-8(11)16-9(13-7)5-1-12-14(2-5)6-3-15-4-6/h1-2,6H,3-4,11H2. The second kappa shape index (κ2) is 3.73. The second-order valence-corrected chi connectivity index (χ2v) is 4.96. The highest BCUT2D eigenvalue weighted by atomic mass is 35.5. The molecule has 0 spiro atoms. The average molecular weight is 257 g/mol. The summed E-state index contributed by atoms with van der Waals surface area (Å²) in [5, 5.41) is 5.97. The van der Waals surface area contributed by atoms with E-state index in [2.05, 4.69) is 10.1 Å². The van der Waals surface area contributed by atoms with Crippen molar-refractivity contribution in [3.8, 4) is 10.6 Å². The lowest BCUT2D eigenvalue weighted by atomic mass is 10.3. The lowest BCUT2D eigenvalue weighted by Gasteiger charge is -2.25. The van der Waals surface area contributed by atoms with Crippen molar-refractivity contribution < 1.29 is 4.74 Å². The van der Waals surface area contributed by atoms with Crippen LogP contribution in [0.15, 0.2) is 12.4 Å². The van der Waals surface area contributed by atoms with Gasteiger partial charge in [0.15, 0.2) is 5.15 Å². The molecule has 0 radical (unpaired) electrons. The van der Waals surface area contributed by atoms with Crippen molar-refractivity contribution in [2.75, 3.05) is 18.9 Å². The first-order valence-electron chi connectivity index (χ1n) is 4.78. The van der Waals surface area contributed by atoms with Crippen LogP contribution in [0.25, 0.3) is 10.6 Å². The Kier molecular flexibility index (Phi) is 2.34. The van der Waals surface area contributed by atoms with Gasteiger partial charge in [0, 0.05) is 11.8 Å². The van der Waals surface area contributed by atoms with Crippen LogP contribution in [-0.2, 0) is 4.74 Å². The fourth-order valence-electron chi connectivity index (χ4n) is 1.46. The van der Waals surface area contributed by atoms with Crippen molar-refractivity contribution in [3.05, 3.63) is 17.5 Å². The summed E-state index contributed by atoms with van der Waals surface area (Å²) in [7, 11) is 0. The van der Waals surface area contributed by atoms with Gasteiger partial charge in [-0.3, -0.25) is 4.68 Å². The molecule has 3 rings (SSSR count). The molecule has 1 fully saturated rings. The highest BCUT2D eigenvalue weighted by molar-refractivity contribution is 7.19. The lowest BCUT2D eigenvalue weighted by molar-refractivity contribution is -0.0286. The maximum atomic E-state index is 5.81. The molecule has 0 aromatic carbocycles. The average Bonchev–Trinajstić information content (AvgIpc) is 2.73. The van der Waals surface area contributed by atoms with Gasteiger partial charge >= 0.3 is 0 Å². The number of nitrogens with two attached hydrogens (primary N) is 1. The predicted molar refractivity (Wildman–Crippen MR) is 62.6 cm³/mol. The number of aromatic nitrogens is 3. The van der Waals surface area contributed by atoms with Crippen molar-refractivity contribution in [3.63, 3.8) is 0 Å². The van der Waals surface area contributed by atoms with E-state index in [0.717, 1.165) is 23.8 Å². The molecular formula is C9H9ClN4OS. The molecule has 5 nitrogen and oxygen atoms in total.